The molecule has 2 unspecified atom stereocenters. The smallest absolute Gasteiger partial charge is 0.408 e. The zero-order valence-electron chi connectivity index (χ0n) is 27.1. The second-order valence-corrected chi connectivity index (χ2v) is 13.6. The van der Waals surface area contributed by atoms with Gasteiger partial charge in [0, 0.05) is 50.1 Å². The summed E-state index contributed by atoms with van der Waals surface area (Å²) in [6.45, 7) is 8.58. The zero-order chi connectivity index (χ0) is 33.4. The van der Waals surface area contributed by atoms with E-state index in [4.69, 9.17) is 4.74 Å². The van der Waals surface area contributed by atoms with Gasteiger partial charge in [0.05, 0.1) is 5.71 Å². The predicted octanol–water partition coefficient (Wildman–Crippen LogP) is 3.93. The van der Waals surface area contributed by atoms with Crippen molar-refractivity contribution in [2.45, 2.75) is 71.1 Å². The number of benzene rings is 2. The van der Waals surface area contributed by atoms with Gasteiger partial charge in [-0.2, -0.15) is 5.10 Å². The van der Waals surface area contributed by atoms with E-state index in [0.29, 0.717) is 18.7 Å². The number of halogens is 1. The van der Waals surface area contributed by atoms with Gasteiger partial charge in [-0.3, -0.25) is 14.4 Å². The molecule has 46 heavy (non-hydrogen) atoms. The molecular weight excluding hydrogens is 591 g/mol. The van der Waals surface area contributed by atoms with Crippen LogP contribution in [0.5, 0.6) is 0 Å². The number of nitrogens with one attached hydrogen (secondary N) is 3. The normalized spacial score (nSPS) is 19.0. The van der Waals surface area contributed by atoms with Gasteiger partial charge in [-0.1, -0.05) is 30.3 Å². The second-order valence-electron chi connectivity index (χ2n) is 13.6. The summed E-state index contributed by atoms with van der Waals surface area (Å²) in [5.41, 5.74) is -0.178. The Bertz CT molecular complexity index is 1690. The first kappa shape index (κ1) is 32.6. The third kappa shape index (κ3) is 6.75. The first-order chi connectivity index (χ1) is 21.6. The molecule has 0 bridgehead atoms. The number of fused-ring (bicyclic) bond motifs is 2. The van der Waals surface area contributed by atoms with Crippen molar-refractivity contribution in [2.24, 2.45) is 10.5 Å². The number of hydrazone groups is 1. The lowest BCUT2D eigenvalue weighted by Gasteiger charge is -2.41. The fourth-order valence-electron chi connectivity index (χ4n) is 6.12. The Morgan fingerprint density at radius 3 is 2.48 bits per heavy atom. The fourth-order valence-corrected chi connectivity index (χ4v) is 6.12. The molecule has 0 radical (unpaired) electrons. The number of carbonyl (C=O) groups excluding carboxylic acids is 4. The van der Waals surface area contributed by atoms with Crippen molar-refractivity contribution < 1.29 is 28.3 Å². The van der Waals surface area contributed by atoms with Crippen LogP contribution in [-0.2, 0) is 32.0 Å². The topological polar surface area (TPSA) is 136 Å². The van der Waals surface area contributed by atoms with E-state index in [2.05, 4.69) is 20.7 Å². The Morgan fingerprint density at radius 2 is 1.78 bits per heavy atom. The number of hydrogen-bond donors (Lipinski definition) is 3. The van der Waals surface area contributed by atoms with E-state index in [1.54, 1.807) is 44.9 Å². The number of H-pyrrole nitrogens is 1. The highest BCUT2D eigenvalue weighted by Gasteiger charge is 2.54. The largest absolute Gasteiger partial charge is 0.444 e. The average Bonchev–Trinajstić information content (AvgIpc) is 3.49. The summed E-state index contributed by atoms with van der Waals surface area (Å²) < 4.78 is 19.0. The summed E-state index contributed by atoms with van der Waals surface area (Å²) >= 11 is 0. The van der Waals surface area contributed by atoms with Gasteiger partial charge in [0.2, 0.25) is 11.8 Å². The standard InChI is InChI=1S/C34H41FN6O5/c1-32(2,3)46-31(45)38-33(4,5)29(43)37-26(17-22-19-36-25-10-8-7-9-24(22)25)28(42)41-16-15-27-34(20-41,30(44)40(6)39-27)18-21-11-13-23(35)14-12-21/h7-14,19,26,36H,15-18,20H2,1-6H3,(H,37,43)(H,38,45). The molecule has 244 valence electrons. The SMILES string of the molecule is CN1N=C2CCN(C(=O)C(Cc3c[nH]c4ccccc34)NC(=O)C(C)(C)NC(=O)OC(C)(C)C)CC2(Cc2ccc(F)cc2)C1=O. The Kier molecular flexibility index (Phi) is 8.67. The summed E-state index contributed by atoms with van der Waals surface area (Å²) in [6, 6.07) is 12.6. The van der Waals surface area contributed by atoms with Crippen molar-refractivity contribution in [3.8, 4) is 0 Å². The van der Waals surface area contributed by atoms with Gasteiger partial charge in [0.25, 0.3) is 5.91 Å². The number of likely N-dealkylation sites (tertiary alicyclic amines) is 1. The van der Waals surface area contributed by atoms with E-state index >= 15 is 0 Å². The van der Waals surface area contributed by atoms with E-state index in [1.807, 2.05) is 30.5 Å². The molecule has 12 heteroatoms. The zero-order valence-corrected chi connectivity index (χ0v) is 27.1. The van der Waals surface area contributed by atoms with Crippen LogP contribution in [0.15, 0.2) is 59.8 Å². The monoisotopic (exact) mass is 632 g/mol. The molecule has 3 aromatic rings. The summed E-state index contributed by atoms with van der Waals surface area (Å²) in [5, 5.41) is 12.2. The lowest BCUT2D eigenvalue weighted by Crippen LogP contribution is -2.62. The molecule has 11 nitrogen and oxygen atoms in total. The van der Waals surface area contributed by atoms with Gasteiger partial charge in [0.1, 0.15) is 28.4 Å². The Hall–Kier alpha value is -4.74. The molecule has 1 fully saturated rings. The van der Waals surface area contributed by atoms with Gasteiger partial charge in [0.15, 0.2) is 0 Å². The third-order valence-electron chi connectivity index (χ3n) is 8.42. The van der Waals surface area contributed by atoms with Crippen LogP contribution < -0.4 is 10.6 Å². The summed E-state index contributed by atoms with van der Waals surface area (Å²) in [5.74, 6) is -1.57. The van der Waals surface area contributed by atoms with E-state index < -0.39 is 34.6 Å². The molecule has 2 atom stereocenters. The number of para-hydroxylation sites is 1. The van der Waals surface area contributed by atoms with Gasteiger partial charge in [-0.15, -0.1) is 0 Å². The second kappa shape index (κ2) is 12.2. The number of nitrogens with zero attached hydrogens (tertiary/aromatic N) is 3. The van der Waals surface area contributed by atoms with Crippen LogP contribution >= 0.6 is 0 Å². The minimum atomic E-state index is -1.42. The fraction of sp³-hybridized carbons (Fsp3) is 0.441. The number of amides is 4. The minimum Gasteiger partial charge on any atom is -0.444 e. The highest BCUT2D eigenvalue weighted by atomic mass is 19.1. The number of alkyl carbamates (subject to hydrolysis) is 1. The number of rotatable bonds is 8. The molecule has 3 heterocycles. The Morgan fingerprint density at radius 1 is 1.09 bits per heavy atom. The Balaban J connectivity index is 1.43. The quantitative estimate of drug-likeness (QED) is 0.346. The molecule has 2 aliphatic heterocycles. The van der Waals surface area contributed by atoms with Crippen molar-refractivity contribution in [3.63, 3.8) is 0 Å². The van der Waals surface area contributed by atoms with E-state index in [1.165, 1.54) is 31.0 Å². The molecular formula is C34H41FN6O5. The Labute approximate surface area is 267 Å². The molecule has 1 aromatic heterocycles. The van der Waals surface area contributed by atoms with E-state index in [-0.39, 0.29) is 37.0 Å². The molecule has 3 N–H and O–H groups in total. The average molecular weight is 633 g/mol. The van der Waals surface area contributed by atoms with Crippen LogP contribution in [-0.4, -0.2) is 81.7 Å². The summed E-state index contributed by atoms with van der Waals surface area (Å²) in [7, 11) is 1.59. The van der Waals surface area contributed by atoms with E-state index in [0.717, 1.165) is 22.0 Å². The molecule has 0 spiro atoms. The maximum Gasteiger partial charge on any atom is 0.408 e. The van der Waals surface area contributed by atoms with Crippen LogP contribution in [0.25, 0.3) is 10.9 Å². The lowest BCUT2D eigenvalue weighted by atomic mass is 9.73. The molecule has 0 aliphatic carbocycles. The highest BCUT2D eigenvalue weighted by Crippen LogP contribution is 2.38. The maximum absolute atomic E-state index is 14.4. The van der Waals surface area contributed by atoms with Crippen LogP contribution in [0.1, 0.15) is 52.2 Å². The molecule has 2 aliphatic rings. The summed E-state index contributed by atoms with van der Waals surface area (Å²) in [6.07, 6.45) is 1.82. The molecule has 5 rings (SSSR count). The number of aromatic amines is 1. The minimum absolute atomic E-state index is 0.0466. The number of piperidine rings is 1. The van der Waals surface area contributed by atoms with Crippen LogP contribution in [0.2, 0.25) is 0 Å². The van der Waals surface area contributed by atoms with Crippen molar-refractivity contribution in [3.05, 3.63) is 71.7 Å². The van der Waals surface area contributed by atoms with Crippen LogP contribution in [0.3, 0.4) is 0 Å². The first-order valence-electron chi connectivity index (χ1n) is 15.3. The molecule has 0 saturated carbocycles. The van der Waals surface area contributed by atoms with Gasteiger partial charge < -0.3 is 25.3 Å². The maximum atomic E-state index is 14.4. The molecule has 1 saturated heterocycles. The predicted molar refractivity (Wildman–Crippen MR) is 171 cm³/mol. The molecule has 4 amide bonds. The number of aromatic nitrogens is 1. The molecule has 2 aromatic carbocycles. The highest BCUT2D eigenvalue weighted by molar-refractivity contribution is 6.13. The van der Waals surface area contributed by atoms with Crippen molar-refractivity contribution in [1.29, 1.82) is 0 Å². The van der Waals surface area contributed by atoms with Crippen LogP contribution in [0.4, 0.5) is 9.18 Å². The summed E-state index contributed by atoms with van der Waals surface area (Å²) in [4.78, 5) is 59.2. The number of hydrogen-bond acceptors (Lipinski definition) is 6. The van der Waals surface area contributed by atoms with Crippen LogP contribution in [0, 0.1) is 11.2 Å². The third-order valence-corrected chi connectivity index (χ3v) is 8.42. The van der Waals surface area contributed by atoms with Gasteiger partial charge in [-0.25, -0.2) is 14.2 Å². The number of carbonyl (C=O) groups is 4. The van der Waals surface area contributed by atoms with Gasteiger partial charge >= 0.3 is 6.09 Å². The van der Waals surface area contributed by atoms with E-state index in [9.17, 15) is 23.6 Å². The van der Waals surface area contributed by atoms with Crippen molar-refractivity contribution in [2.75, 3.05) is 20.1 Å². The lowest BCUT2D eigenvalue weighted by molar-refractivity contribution is -0.142. The van der Waals surface area contributed by atoms with Gasteiger partial charge in [-0.05, 0) is 70.4 Å². The number of ether oxygens (including phenoxy) is 1. The van der Waals surface area contributed by atoms with Crippen molar-refractivity contribution >= 4 is 40.4 Å². The first-order valence-corrected chi connectivity index (χ1v) is 15.3. The van der Waals surface area contributed by atoms with Crippen molar-refractivity contribution in [1.82, 2.24) is 25.5 Å².